The van der Waals surface area contributed by atoms with Gasteiger partial charge in [0.2, 0.25) is 0 Å². The molecule has 106 valence electrons. The molecule has 20 heavy (non-hydrogen) atoms. The SMILES string of the molecule is CC(C)c1ccc(OCc2occc2C(=O)NN)cc1. The predicted octanol–water partition coefficient (Wildman–Crippen LogP) is 2.59. The van der Waals surface area contributed by atoms with Crippen LogP contribution in [0.2, 0.25) is 0 Å². The van der Waals surface area contributed by atoms with Crippen LogP contribution in [0, 0.1) is 0 Å². The molecule has 1 aromatic carbocycles. The molecule has 0 spiro atoms. The molecule has 0 saturated carbocycles. The fraction of sp³-hybridized carbons (Fsp3) is 0.267. The second-order valence-corrected chi connectivity index (χ2v) is 4.74. The molecule has 0 aliphatic carbocycles. The first-order valence-electron chi connectivity index (χ1n) is 6.42. The van der Waals surface area contributed by atoms with Crippen LogP contribution in [0.5, 0.6) is 5.75 Å². The van der Waals surface area contributed by atoms with E-state index in [2.05, 4.69) is 19.3 Å². The fourth-order valence-electron chi connectivity index (χ4n) is 1.83. The number of carbonyl (C=O) groups excluding carboxylic acids is 1. The monoisotopic (exact) mass is 274 g/mol. The molecule has 2 aromatic rings. The van der Waals surface area contributed by atoms with Crippen LogP contribution < -0.4 is 16.0 Å². The predicted molar refractivity (Wildman–Crippen MR) is 75.2 cm³/mol. The second kappa shape index (κ2) is 6.25. The third kappa shape index (κ3) is 3.19. The number of rotatable bonds is 5. The Morgan fingerprint density at radius 1 is 1.30 bits per heavy atom. The number of furan rings is 1. The maximum atomic E-state index is 11.5. The number of nitrogen functional groups attached to an aromatic ring is 1. The average Bonchev–Trinajstić information content (AvgIpc) is 2.93. The highest BCUT2D eigenvalue weighted by Gasteiger charge is 2.14. The van der Waals surface area contributed by atoms with Crippen LogP contribution >= 0.6 is 0 Å². The van der Waals surface area contributed by atoms with Crippen molar-refractivity contribution in [1.29, 1.82) is 0 Å². The Morgan fingerprint density at radius 3 is 2.60 bits per heavy atom. The molecule has 5 nitrogen and oxygen atoms in total. The molecule has 0 atom stereocenters. The number of ether oxygens (including phenoxy) is 1. The van der Waals surface area contributed by atoms with E-state index in [-0.39, 0.29) is 6.61 Å². The summed E-state index contributed by atoms with van der Waals surface area (Å²) in [4.78, 5) is 11.5. The van der Waals surface area contributed by atoms with Gasteiger partial charge in [-0.15, -0.1) is 0 Å². The van der Waals surface area contributed by atoms with Gasteiger partial charge in [0.25, 0.3) is 5.91 Å². The van der Waals surface area contributed by atoms with Crippen molar-refractivity contribution in [2.24, 2.45) is 5.84 Å². The second-order valence-electron chi connectivity index (χ2n) is 4.74. The van der Waals surface area contributed by atoms with Crippen LogP contribution in [0.1, 0.15) is 41.4 Å². The van der Waals surface area contributed by atoms with E-state index in [0.29, 0.717) is 17.2 Å². The highest BCUT2D eigenvalue weighted by molar-refractivity contribution is 5.94. The fourth-order valence-corrected chi connectivity index (χ4v) is 1.83. The van der Waals surface area contributed by atoms with Crippen molar-refractivity contribution in [2.75, 3.05) is 0 Å². The lowest BCUT2D eigenvalue weighted by molar-refractivity contribution is 0.0949. The number of benzene rings is 1. The molecule has 1 amide bonds. The number of nitrogens with one attached hydrogen (secondary N) is 1. The third-order valence-electron chi connectivity index (χ3n) is 3.04. The first-order chi connectivity index (χ1) is 9.61. The molecule has 0 bridgehead atoms. The minimum absolute atomic E-state index is 0.177. The summed E-state index contributed by atoms with van der Waals surface area (Å²) >= 11 is 0. The highest BCUT2D eigenvalue weighted by atomic mass is 16.5. The number of amides is 1. The van der Waals surface area contributed by atoms with Gasteiger partial charge >= 0.3 is 0 Å². The van der Waals surface area contributed by atoms with Gasteiger partial charge in [-0.05, 0) is 29.7 Å². The molecule has 0 aliphatic rings. The number of hydrogen-bond acceptors (Lipinski definition) is 4. The van der Waals surface area contributed by atoms with E-state index >= 15 is 0 Å². The summed E-state index contributed by atoms with van der Waals surface area (Å²) < 4.78 is 10.8. The van der Waals surface area contributed by atoms with Gasteiger partial charge in [-0.1, -0.05) is 26.0 Å². The quantitative estimate of drug-likeness (QED) is 0.499. The van der Waals surface area contributed by atoms with E-state index in [0.717, 1.165) is 5.75 Å². The summed E-state index contributed by atoms with van der Waals surface area (Å²) in [6.07, 6.45) is 1.44. The maximum Gasteiger partial charge on any atom is 0.268 e. The zero-order valence-corrected chi connectivity index (χ0v) is 11.6. The van der Waals surface area contributed by atoms with Crippen molar-refractivity contribution < 1.29 is 13.9 Å². The van der Waals surface area contributed by atoms with Gasteiger partial charge in [0, 0.05) is 0 Å². The van der Waals surface area contributed by atoms with Crippen LogP contribution in [0.4, 0.5) is 0 Å². The summed E-state index contributed by atoms with van der Waals surface area (Å²) in [7, 11) is 0. The van der Waals surface area contributed by atoms with Crippen LogP contribution in [-0.4, -0.2) is 5.91 Å². The van der Waals surface area contributed by atoms with Crippen LogP contribution in [-0.2, 0) is 6.61 Å². The van der Waals surface area contributed by atoms with Crippen molar-refractivity contribution in [3.63, 3.8) is 0 Å². The van der Waals surface area contributed by atoms with Gasteiger partial charge in [-0.25, -0.2) is 5.84 Å². The summed E-state index contributed by atoms with van der Waals surface area (Å²) in [5.41, 5.74) is 3.70. The molecule has 3 N–H and O–H groups in total. The molecule has 0 saturated heterocycles. The smallest absolute Gasteiger partial charge is 0.268 e. The van der Waals surface area contributed by atoms with E-state index in [1.165, 1.54) is 11.8 Å². The first-order valence-corrected chi connectivity index (χ1v) is 6.42. The van der Waals surface area contributed by atoms with E-state index in [9.17, 15) is 4.79 Å². The van der Waals surface area contributed by atoms with Gasteiger partial charge in [-0.3, -0.25) is 10.2 Å². The minimum Gasteiger partial charge on any atom is -0.486 e. The number of hydrogen-bond donors (Lipinski definition) is 2. The molecule has 0 fully saturated rings. The maximum absolute atomic E-state index is 11.5. The minimum atomic E-state index is -0.396. The van der Waals surface area contributed by atoms with E-state index in [1.54, 1.807) is 6.07 Å². The van der Waals surface area contributed by atoms with Crippen molar-refractivity contribution >= 4 is 5.91 Å². The Labute approximate surface area is 117 Å². The summed E-state index contributed by atoms with van der Waals surface area (Å²) in [5.74, 6) is 6.36. The topological polar surface area (TPSA) is 77.5 Å². The molecule has 0 aliphatic heterocycles. The van der Waals surface area contributed by atoms with Gasteiger partial charge in [0.1, 0.15) is 12.4 Å². The lowest BCUT2D eigenvalue weighted by atomic mass is 10.0. The molecule has 5 heteroatoms. The first kappa shape index (κ1) is 14.1. The average molecular weight is 274 g/mol. The van der Waals surface area contributed by atoms with E-state index in [4.69, 9.17) is 15.0 Å². The molecule has 1 heterocycles. The molecule has 0 radical (unpaired) electrons. The molecular formula is C15H18N2O3. The summed E-state index contributed by atoms with van der Waals surface area (Å²) in [6, 6.07) is 9.41. The Balaban J connectivity index is 2.02. The lowest BCUT2D eigenvalue weighted by Crippen LogP contribution is -2.30. The van der Waals surface area contributed by atoms with Crippen LogP contribution in [0.15, 0.2) is 41.0 Å². The number of carbonyl (C=O) groups is 1. The lowest BCUT2D eigenvalue weighted by Gasteiger charge is -2.08. The van der Waals surface area contributed by atoms with Crippen LogP contribution in [0.3, 0.4) is 0 Å². The Kier molecular flexibility index (Phi) is 4.42. The van der Waals surface area contributed by atoms with Gasteiger partial charge in [-0.2, -0.15) is 0 Å². The van der Waals surface area contributed by atoms with Crippen LogP contribution in [0.25, 0.3) is 0 Å². The summed E-state index contributed by atoms with van der Waals surface area (Å²) in [6.45, 7) is 4.45. The van der Waals surface area contributed by atoms with E-state index in [1.807, 2.05) is 24.3 Å². The zero-order valence-electron chi connectivity index (χ0n) is 11.6. The normalized spacial score (nSPS) is 10.6. The zero-order chi connectivity index (χ0) is 14.5. The standard InChI is InChI=1S/C15H18N2O3/c1-10(2)11-3-5-12(6-4-11)20-9-14-13(7-8-19-14)15(18)17-16/h3-8,10H,9,16H2,1-2H3,(H,17,18). The number of hydrazine groups is 1. The van der Waals surface area contributed by atoms with Crippen molar-refractivity contribution in [3.05, 3.63) is 53.5 Å². The summed E-state index contributed by atoms with van der Waals surface area (Å²) in [5, 5.41) is 0. The van der Waals surface area contributed by atoms with Crippen molar-refractivity contribution in [1.82, 2.24) is 5.43 Å². The number of nitrogens with two attached hydrogens (primary N) is 1. The molecule has 0 unspecified atom stereocenters. The van der Waals surface area contributed by atoms with Crippen molar-refractivity contribution in [2.45, 2.75) is 26.4 Å². The molecular weight excluding hydrogens is 256 g/mol. The Hall–Kier alpha value is -2.27. The Morgan fingerprint density at radius 2 is 2.00 bits per heavy atom. The van der Waals surface area contributed by atoms with Gasteiger partial charge in [0.15, 0.2) is 5.76 Å². The largest absolute Gasteiger partial charge is 0.486 e. The molecule has 2 rings (SSSR count). The highest BCUT2D eigenvalue weighted by Crippen LogP contribution is 2.20. The van der Waals surface area contributed by atoms with Crippen molar-refractivity contribution in [3.8, 4) is 5.75 Å². The van der Waals surface area contributed by atoms with Gasteiger partial charge < -0.3 is 9.15 Å². The third-order valence-corrected chi connectivity index (χ3v) is 3.04. The molecule has 1 aromatic heterocycles. The van der Waals surface area contributed by atoms with E-state index < -0.39 is 5.91 Å². The Bertz CT molecular complexity index is 573. The van der Waals surface area contributed by atoms with Gasteiger partial charge in [0.05, 0.1) is 11.8 Å².